The number of imidazole rings is 2. The molecule has 6 heterocycles. The average Bonchev–Trinajstić information content (AvgIpc) is 3.70. The number of aryl methyl sites for hydroxylation is 4. The number of carbonyl (C=O) groups is 4. The summed E-state index contributed by atoms with van der Waals surface area (Å²) in [6.07, 6.45) is -1.23. The lowest BCUT2D eigenvalue weighted by atomic mass is 9.81. The van der Waals surface area contributed by atoms with E-state index in [0.717, 1.165) is 49.1 Å². The number of nitrogens with zero attached hydrogens (tertiary/aromatic N) is 8. The highest BCUT2D eigenvalue weighted by atomic mass is 79.9. The number of hydrogen-bond acceptors (Lipinski definition) is 14. The second-order valence-electron chi connectivity index (χ2n) is 18.0. The zero-order valence-corrected chi connectivity index (χ0v) is 42.5. The number of nitrogens with one attached hydrogen (secondary N) is 2. The van der Waals surface area contributed by atoms with Gasteiger partial charge >= 0.3 is 19.3 Å². The quantitative estimate of drug-likeness (QED) is 0.0750. The van der Waals surface area contributed by atoms with Crippen LogP contribution in [-0.4, -0.2) is 117 Å². The van der Waals surface area contributed by atoms with E-state index in [4.69, 9.17) is 20.9 Å². The molecule has 0 aliphatic rings. The lowest BCUT2D eigenvalue weighted by Crippen LogP contribution is -2.45. The molecule has 6 aromatic heterocycles. The number of ether oxygens (including phenoxy) is 2. The summed E-state index contributed by atoms with van der Waals surface area (Å²) in [5.74, 6) is -0.315. The molecule has 22 heteroatoms. The zero-order valence-electron chi connectivity index (χ0n) is 41.0. The fraction of sp³-hybridized carbons (Fsp3) is 0.391. The van der Waals surface area contributed by atoms with Crippen molar-refractivity contribution in [2.75, 3.05) is 36.2 Å². The molecule has 68 heavy (non-hydrogen) atoms. The molecular weight excluding hydrogens is 939 g/mol. The van der Waals surface area contributed by atoms with Gasteiger partial charge in [-0.15, -0.1) is 0 Å². The van der Waals surface area contributed by atoms with Gasteiger partial charge in [0, 0.05) is 31.0 Å². The smallest absolute Gasteiger partial charge is 0.444 e. The van der Waals surface area contributed by atoms with Gasteiger partial charge in [-0.05, 0) is 153 Å². The topological polar surface area (TPSA) is 270 Å². The van der Waals surface area contributed by atoms with Gasteiger partial charge in [0.2, 0.25) is 11.8 Å². The number of nitrogen functional groups attached to an aromatic ring is 2. The highest BCUT2D eigenvalue weighted by Gasteiger charge is 2.29. The standard InChI is InChI=1S/C23H30N6O3.C14H23BN4O5.C9H9BrN2/c1-13-14(2)29-17(9-8-10-20(29)25-13)16-11-18(24)26-19(12-16)27-21(30)15(3)28(7)22(31)32-23(4,5)6;1-8(19(5)13(21)24-14(2,3)4)12(20)18-11-7-9(15(22)23)6-10(16)17-11;1-6-7(2)12-8(10)4-3-5-9(12)11-6/h8-12,15H,1-7H3,(H3,24,26,27,30);6-8,22-23H,1-5H3,(H3,16,17,18,20);3-5H,1-2H3. The van der Waals surface area contributed by atoms with Crippen LogP contribution in [0.4, 0.5) is 32.9 Å². The van der Waals surface area contributed by atoms with E-state index in [2.05, 4.69) is 57.8 Å². The third-order valence-corrected chi connectivity index (χ3v) is 10.9. The summed E-state index contributed by atoms with van der Waals surface area (Å²) in [6, 6.07) is 16.2. The number of halogens is 1. The Labute approximate surface area is 404 Å². The number of rotatable bonds is 8. The van der Waals surface area contributed by atoms with Crippen molar-refractivity contribution >= 4 is 87.1 Å². The van der Waals surface area contributed by atoms with Crippen molar-refractivity contribution in [2.24, 2.45) is 0 Å². The highest BCUT2D eigenvalue weighted by Crippen LogP contribution is 2.27. The van der Waals surface area contributed by atoms with E-state index >= 15 is 0 Å². The largest absolute Gasteiger partial charge is 0.488 e. The summed E-state index contributed by atoms with van der Waals surface area (Å²) in [7, 11) is 1.21. The summed E-state index contributed by atoms with van der Waals surface area (Å²) in [6.45, 7) is 21.7. The fourth-order valence-electron chi connectivity index (χ4n) is 6.23. The molecule has 364 valence electrons. The summed E-state index contributed by atoms with van der Waals surface area (Å²) in [4.78, 5) is 68.8. The maximum Gasteiger partial charge on any atom is 0.488 e. The van der Waals surface area contributed by atoms with Gasteiger partial charge in [-0.25, -0.2) is 29.5 Å². The second-order valence-corrected chi connectivity index (χ2v) is 18.8. The number of carbonyl (C=O) groups excluding carboxylic acids is 4. The van der Waals surface area contributed by atoms with Crippen molar-refractivity contribution in [1.82, 2.24) is 38.5 Å². The average molecular weight is 1000 g/mol. The number of anilines is 4. The van der Waals surface area contributed by atoms with Gasteiger partial charge < -0.3 is 41.6 Å². The van der Waals surface area contributed by atoms with Crippen molar-refractivity contribution in [2.45, 2.75) is 106 Å². The molecule has 0 aliphatic heterocycles. The zero-order chi connectivity index (χ0) is 51.2. The van der Waals surface area contributed by atoms with E-state index in [0.29, 0.717) is 5.82 Å². The van der Waals surface area contributed by atoms with Gasteiger partial charge in [0.25, 0.3) is 0 Å². The number of likely N-dealkylation sites (N-methyl/N-ethyl adjacent to an activating group) is 2. The second kappa shape index (κ2) is 21.9. The van der Waals surface area contributed by atoms with Crippen LogP contribution >= 0.6 is 15.9 Å². The predicted molar refractivity (Wildman–Crippen MR) is 267 cm³/mol. The van der Waals surface area contributed by atoms with Gasteiger partial charge in [-0.1, -0.05) is 12.1 Å². The first-order chi connectivity index (χ1) is 31.5. The number of amides is 4. The van der Waals surface area contributed by atoms with Crippen molar-refractivity contribution in [3.8, 4) is 11.3 Å². The van der Waals surface area contributed by atoms with Crippen molar-refractivity contribution < 1.29 is 38.7 Å². The van der Waals surface area contributed by atoms with Crippen LogP contribution in [0.15, 0.2) is 65.3 Å². The van der Waals surface area contributed by atoms with Crippen LogP contribution < -0.4 is 27.6 Å². The molecule has 6 rings (SSSR count). The van der Waals surface area contributed by atoms with Crippen LogP contribution in [0.1, 0.15) is 78.2 Å². The summed E-state index contributed by atoms with van der Waals surface area (Å²) in [5.41, 5.74) is 18.1. The van der Waals surface area contributed by atoms with Crippen LogP contribution in [0.2, 0.25) is 0 Å². The fourth-order valence-corrected chi connectivity index (χ4v) is 6.83. The lowest BCUT2D eigenvalue weighted by Gasteiger charge is -2.28. The molecule has 20 nitrogen and oxygen atoms in total. The van der Waals surface area contributed by atoms with Crippen LogP contribution in [0, 0.1) is 27.7 Å². The minimum atomic E-state index is -1.74. The molecule has 8 N–H and O–H groups in total. The first-order valence-electron chi connectivity index (χ1n) is 21.5. The van der Waals surface area contributed by atoms with E-state index < -0.39 is 54.4 Å². The van der Waals surface area contributed by atoms with E-state index in [9.17, 15) is 29.2 Å². The normalized spacial score (nSPS) is 12.1. The minimum absolute atomic E-state index is 0.0176. The van der Waals surface area contributed by atoms with Crippen LogP contribution in [-0.2, 0) is 19.1 Å². The molecular formula is C46H62BBrN12O8. The van der Waals surface area contributed by atoms with Gasteiger partial charge in [0.1, 0.15) is 57.9 Å². The SMILES string of the molecule is CC(C(=O)Nc1cc(B(O)O)cc(N)n1)N(C)C(=O)OC(C)(C)C.Cc1nc2cccc(-c3cc(N)nc(NC(=O)C(C)N(C)C(=O)OC(C)(C)C)c3)n2c1C.Cc1nc2cccc(Br)n2c1C. The molecule has 4 amide bonds. The molecule has 0 bridgehead atoms. The Kier molecular flexibility index (Phi) is 17.3. The molecule has 0 spiro atoms. The highest BCUT2D eigenvalue weighted by molar-refractivity contribution is 9.10. The van der Waals surface area contributed by atoms with Gasteiger partial charge in [0.15, 0.2) is 0 Å². The molecule has 0 aliphatic carbocycles. The summed E-state index contributed by atoms with van der Waals surface area (Å²) in [5, 5.41) is 23.6. The number of hydrogen-bond donors (Lipinski definition) is 6. The Morgan fingerprint density at radius 3 is 1.56 bits per heavy atom. The monoisotopic (exact) mass is 1000 g/mol. The minimum Gasteiger partial charge on any atom is -0.444 e. The van der Waals surface area contributed by atoms with Crippen molar-refractivity contribution in [1.29, 1.82) is 0 Å². The summed E-state index contributed by atoms with van der Waals surface area (Å²) >= 11 is 3.48. The van der Waals surface area contributed by atoms with Crippen LogP contribution in [0.5, 0.6) is 0 Å². The lowest BCUT2D eigenvalue weighted by molar-refractivity contribution is -0.121. The number of aromatic nitrogens is 6. The van der Waals surface area contributed by atoms with Gasteiger partial charge in [0.05, 0.1) is 21.7 Å². The van der Waals surface area contributed by atoms with Gasteiger partial charge in [-0.3, -0.25) is 28.2 Å². The predicted octanol–water partition coefficient (Wildman–Crippen LogP) is 6.04. The number of fused-ring (bicyclic) bond motifs is 2. The van der Waals surface area contributed by atoms with E-state index in [1.54, 1.807) is 60.6 Å². The molecule has 6 aromatic rings. The molecule has 0 saturated heterocycles. The third kappa shape index (κ3) is 14.1. The van der Waals surface area contributed by atoms with E-state index in [-0.39, 0.29) is 22.9 Å². The molecule has 0 fully saturated rings. The Morgan fingerprint density at radius 1 is 0.676 bits per heavy atom. The van der Waals surface area contributed by atoms with Gasteiger partial charge in [-0.2, -0.15) is 0 Å². The molecule has 2 atom stereocenters. The molecule has 0 aromatic carbocycles. The Hall–Kier alpha value is -6.78. The maximum absolute atomic E-state index is 12.8. The maximum atomic E-state index is 12.8. The van der Waals surface area contributed by atoms with Crippen molar-refractivity contribution in [3.63, 3.8) is 0 Å². The van der Waals surface area contributed by atoms with Crippen molar-refractivity contribution in [3.05, 3.63) is 88.0 Å². The molecule has 2 unspecified atom stereocenters. The van der Waals surface area contributed by atoms with E-state index in [1.807, 2.05) is 61.6 Å². The van der Waals surface area contributed by atoms with Crippen LogP contribution in [0.3, 0.4) is 0 Å². The Morgan fingerprint density at radius 2 is 1.10 bits per heavy atom. The number of nitrogens with two attached hydrogens (primary N) is 2. The van der Waals surface area contributed by atoms with Crippen LogP contribution in [0.25, 0.3) is 22.6 Å². The Balaban J connectivity index is 0.000000245. The number of pyridine rings is 4. The third-order valence-electron chi connectivity index (χ3n) is 10.3. The first kappa shape index (κ1) is 53.8. The summed E-state index contributed by atoms with van der Waals surface area (Å²) < 4.78 is 15.7. The van der Waals surface area contributed by atoms with E-state index in [1.165, 1.54) is 43.7 Å². The first-order valence-corrected chi connectivity index (χ1v) is 22.3. The molecule has 0 saturated carbocycles. The molecule has 0 radical (unpaired) electrons. The Bertz CT molecular complexity index is 2800.